The van der Waals surface area contributed by atoms with Crippen molar-refractivity contribution in [3.63, 3.8) is 0 Å². The van der Waals surface area contributed by atoms with E-state index in [4.69, 9.17) is 5.26 Å². The number of nitriles is 1. The van der Waals surface area contributed by atoms with Crippen molar-refractivity contribution in [1.82, 2.24) is 4.90 Å². The number of esters is 1. The Bertz CT molecular complexity index is 344. The molecule has 0 aromatic heterocycles. The van der Waals surface area contributed by atoms with E-state index in [1.54, 1.807) is 13.8 Å². The van der Waals surface area contributed by atoms with Crippen LogP contribution in [0.4, 0.5) is 0 Å². The lowest BCUT2D eigenvalue weighted by Gasteiger charge is -2.27. The minimum absolute atomic E-state index is 0.303. The van der Waals surface area contributed by atoms with Gasteiger partial charge in [-0.25, -0.2) is 4.79 Å². The van der Waals surface area contributed by atoms with Crippen molar-refractivity contribution >= 4 is 11.9 Å². The first kappa shape index (κ1) is 12.5. The molecule has 1 unspecified atom stereocenters. The van der Waals surface area contributed by atoms with Crippen LogP contribution >= 0.6 is 0 Å². The Balaban J connectivity index is 2.85. The first-order chi connectivity index (χ1) is 7.44. The maximum atomic E-state index is 12.0. The zero-order valence-corrected chi connectivity index (χ0v) is 9.82. The Morgan fingerprint density at radius 1 is 1.50 bits per heavy atom. The molecule has 1 saturated heterocycles. The van der Waals surface area contributed by atoms with Crippen LogP contribution in [0, 0.1) is 16.7 Å². The smallest absolute Gasteiger partial charge is 0.328 e. The number of carbonyl (C=O) groups excluding carboxylic acids is 2. The highest BCUT2D eigenvalue weighted by molar-refractivity contribution is 5.89. The average Bonchev–Trinajstić information content (AvgIpc) is 2.75. The summed E-state index contributed by atoms with van der Waals surface area (Å²) in [7, 11) is 1.30. The minimum atomic E-state index is -1.09. The van der Waals surface area contributed by atoms with Gasteiger partial charge in [0.15, 0.2) is 0 Å². The van der Waals surface area contributed by atoms with Gasteiger partial charge in [-0.2, -0.15) is 5.26 Å². The molecule has 5 heteroatoms. The van der Waals surface area contributed by atoms with Gasteiger partial charge in [-0.15, -0.1) is 0 Å². The molecule has 1 rings (SSSR count). The van der Waals surface area contributed by atoms with Crippen LogP contribution in [0.15, 0.2) is 0 Å². The molecule has 1 heterocycles. The number of methoxy groups -OCH3 is 1. The summed E-state index contributed by atoms with van der Waals surface area (Å²) in [6.45, 7) is 3.63. The standard InChI is InChI=1S/C11H16N2O3/c1-11(2,7-12)10(15)13-6-4-5-8(13)9(14)16-3/h8H,4-6H2,1-3H3. The molecule has 0 saturated carbocycles. The van der Waals surface area contributed by atoms with Crippen molar-refractivity contribution in [1.29, 1.82) is 5.26 Å². The molecule has 0 radical (unpaired) electrons. The summed E-state index contributed by atoms with van der Waals surface area (Å²) in [6, 6.07) is 1.43. The fraction of sp³-hybridized carbons (Fsp3) is 0.727. The van der Waals surface area contributed by atoms with Crippen molar-refractivity contribution in [2.24, 2.45) is 5.41 Å². The maximum Gasteiger partial charge on any atom is 0.328 e. The SMILES string of the molecule is COC(=O)C1CCCN1C(=O)C(C)(C)C#N. The molecule has 1 amide bonds. The Morgan fingerprint density at radius 3 is 2.62 bits per heavy atom. The summed E-state index contributed by atoms with van der Waals surface area (Å²) in [4.78, 5) is 24.9. The molecule has 0 N–H and O–H groups in total. The van der Waals surface area contributed by atoms with Crippen molar-refractivity contribution in [3.05, 3.63) is 0 Å². The van der Waals surface area contributed by atoms with E-state index in [9.17, 15) is 9.59 Å². The quantitative estimate of drug-likeness (QED) is 0.647. The highest BCUT2D eigenvalue weighted by atomic mass is 16.5. The second kappa shape index (κ2) is 4.52. The Morgan fingerprint density at radius 2 is 2.12 bits per heavy atom. The first-order valence-electron chi connectivity index (χ1n) is 5.24. The second-order valence-corrected chi connectivity index (χ2v) is 4.42. The molecule has 0 bridgehead atoms. The van der Waals surface area contributed by atoms with Crippen LogP contribution in [-0.4, -0.2) is 36.5 Å². The molecule has 0 aliphatic carbocycles. The topological polar surface area (TPSA) is 70.4 Å². The van der Waals surface area contributed by atoms with Crippen LogP contribution < -0.4 is 0 Å². The molecule has 0 aromatic carbocycles. The molecular formula is C11H16N2O3. The number of hydrogen-bond donors (Lipinski definition) is 0. The average molecular weight is 224 g/mol. The van der Waals surface area contributed by atoms with Gasteiger partial charge in [0.05, 0.1) is 13.2 Å². The highest BCUT2D eigenvalue weighted by Gasteiger charge is 2.41. The summed E-state index contributed by atoms with van der Waals surface area (Å²) in [5.41, 5.74) is -1.09. The maximum absolute atomic E-state index is 12.0. The van der Waals surface area contributed by atoms with Gasteiger partial charge in [0.25, 0.3) is 0 Å². The van der Waals surface area contributed by atoms with Gasteiger partial charge in [-0.1, -0.05) is 0 Å². The van der Waals surface area contributed by atoms with Crippen molar-refractivity contribution in [2.75, 3.05) is 13.7 Å². The van der Waals surface area contributed by atoms with Gasteiger partial charge in [0.2, 0.25) is 5.91 Å². The predicted molar refractivity (Wildman–Crippen MR) is 56.1 cm³/mol. The molecule has 0 aromatic rings. The first-order valence-corrected chi connectivity index (χ1v) is 5.24. The predicted octanol–water partition coefficient (Wildman–Crippen LogP) is 0.700. The minimum Gasteiger partial charge on any atom is -0.467 e. The number of rotatable bonds is 2. The van der Waals surface area contributed by atoms with Crippen molar-refractivity contribution in [2.45, 2.75) is 32.7 Å². The lowest BCUT2D eigenvalue weighted by Crippen LogP contribution is -2.46. The van der Waals surface area contributed by atoms with E-state index < -0.39 is 17.4 Å². The molecule has 1 fully saturated rings. The van der Waals surface area contributed by atoms with Gasteiger partial charge in [0.1, 0.15) is 11.5 Å². The molecule has 1 aliphatic rings. The van der Waals surface area contributed by atoms with Crippen LogP contribution in [0.5, 0.6) is 0 Å². The van der Waals surface area contributed by atoms with Gasteiger partial charge >= 0.3 is 5.97 Å². The molecule has 16 heavy (non-hydrogen) atoms. The third-order valence-corrected chi connectivity index (χ3v) is 2.80. The largest absolute Gasteiger partial charge is 0.467 e. The Labute approximate surface area is 95.0 Å². The number of ether oxygens (including phenoxy) is 1. The number of hydrogen-bond acceptors (Lipinski definition) is 4. The van der Waals surface area contributed by atoms with E-state index in [-0.39, 0.29) is 5.91 Å². The van der Waals surface area contributed by atoms with E-state index in [1.807, 2.05) is 6.07 Å². The number of nitrogens with zero attached hydrogens (tertiary/aromatic N) is 2. The van der Waals surface area contributed by atoms with Crippen molar-refractivity contribution < 1.29 is 14.3 Å². The van der Waals surface area contributed by atoms with Gasteiger partial charge in [-0.05, 0) is 26.7 Å². The van der Waals surface area contributed by atoms with Crippen LogP contribution in [0.25, 0.3) is 0 Å². The van der Waals surface area contributed by atoms with Crippen molar-refractivity contribution in [3.8, 4) is 6.07 Å². The van der Waals surface area contributed by atoms with Gasteiger partial charge in [0, 0.05) is 6.54 Å². The Kier molecular flexibility index (Phi) is 3.53. The monoisotopic (exact) mass is 224 g/mol. The zero-order valence-electron chi connectivity index (χ0n) is 9.82. The van der Waals surface area contributed by atoms with Crippen LogP contribution in [0.2, 0.25) is 0 Å². The fourth-order valence-corrected chi connectivity index (χ4v) is 1.80. The molecule has 1 aliphatic heterocycles. The van der Waals surface area contributed by atoms with E-state index in [1.165, 1.54) is 12.0 Å². The second-order valence-electron chi connectivity index (χ2n) is 4.42. The van der Waals surface area contributed by atoms with Gasteiger partial charge < -0.3 is 9.64 Å². The lowest BCUT2D eigenvalue weighted by molar-refractivity contribution is -0.153. The van der Waals surface area contributed by atoms with E-state index in [2.05, 4.69) is 4.74 Å². The van der Waals surface area contributed by atoms with Crippen LogP contribution in [0.1, 0.15) is 26.7 Å². The summed E-state index contributed by atoms with van der Waals surface area (Å²) in [5.74, 6) is -0.706. The van der Waals surface area contributed by atoms with Crippen LogP contribution in [0.3, 0.4) is 0 Å². The van der Waals surface area contributed by atoms with Crippen LogP contribution in [-0.2, 0) is 14.3 Å². The fourth-order valence-electron chi connectivity index (χ4n) is 1.80. The van der Waals surface area contributed by atoms with E-state index >= 15 is 0 Å². The molecule has 0 spiro atoms. The summed E-state index contributed by atoms with van der Waals surface area (Å²) in [6.07, 6.45) is 1.38. The molecule has 5 nitrogen and oxygen atoms in total. The summed E-state index contributed by atoms with van der Waals surface area (Å²) < 4.78 is 4.65. The number of amides is 1. The van der Waals surface area contributed by atoms with E-state index in [0.29, 0.717) is 13.0 Å². The molecule has 1 atom stereocenters. The summed E-state index contributed by atoms with van der Waals surface area (Å²) >= 11 is 0. The third kappa shape index (κ3) is 2.16. The number of carbonyl (C=O) groups is 2. The molecule has 88 valence electrons. The highest BCUT2D eigenvalue weighted by Crippen LogP contribution is 2.25. The molecular weight excluding hydrogens is 208 g/mol. The van der Waals surface area contributed by atoms with E-state index in [0.717, 1.165) is 6.42 Å². The van der Waals surface area contributed by atoms with Gasteiger partial charge in [-0.3, -0.25) is 4.79 Å². The third-order valence-electron chi connectivity index (χ3n) is 2.80. The normalized spacial score (nSPS) is 20.4. The summed E-state index contributed by atoms with van der Waals surface area (Å²) in [5, 5.41) is 8.89. The Hall–Kier alpha value is -1.57. The lowest BCUT2D eigenvalue weighted by atomic mass is 9.93. The number of likely N-dealkylation sites (tertiary alicyclic amines) is 1. The zero-order chi connectivity index (χ0) is 12.3.